The number of halogens is 3. The van der Waals surface area contributed by atoms with Gasteiger partial charge in [-0.1, -0.05) is 51.1 Å². The summed E-state index contributed by atoms with van der Waals surface area (Å²) in [6, 6.07) is 8.79. The van der Waals surface area contributed by atoms with Crippen LogP contribution in [0.1, 0.15) is 44.4 Å². The Morgan fingerprint density at radius 2 is 1.72 bits per heavy atom. The predicted molar refractivity (Wildman–Crippen MR) is 90.9 cm³/mol. The molecular weight excluding hydrogens is 329 g/mol. The molecule has 0 saturated carbocycles. The Kier molecular flexibility index (Phi) is 4.27. The summed E-state index contributed by atoms with van der Waals surface area (Å²) >= 11 is 0. The molecule has 0 radical (unpaired) electrons. The predicted octanol–water partition coefficient (Wildman–Crippen LogP) is 4.48. The normalized spacial score (nSPS) is 17.8. The van der Waals surface area contributed by atoms with Gasteiger partial charge in [-0.2, -0.15) is 13.2 Å². The van der Waals surface area contributed by atoms with Gasteiger partial charge in [0.25, 0.3) is 0 Å². The monoisotopic (exact) mass is 350 g/mol. The number of hydrogen-bond acceptors (Lipinski definition) is 2. The average Bonchev–Trinajstić information content (AvgIpc) is 2.90. The van der Waals surface area contributed by atoms with Crippen LogP contribution < -0.4 is 5.43 Å². The summed E-state index contributed by atoms with van der Waals surface area (Å²) in [4.78, 5) is 11.4. The molecule has 1 atom stereocenters. The van der Waals surface area contributed by atoms with E-state index in [0.717, 1.165) is 21.3 Å². The number of benzene rings is 2. The third kappa shape index (κ3) is 3.63. The highest BCUT2D eigenvalue weighted by Gasteiger charge is 2.46. The number of alkyl halides is 3. The first-order valence-electron chi connectivity index (χ1n) is 8.23. The molecule has 1 N–H and O–H groups in total. The number of nitrogens with one attached hydrogen (secondary N) is 1. The van der Waals surface area contributed by atoms with E-state index in [1.807, 2.05) is 18.2 Å². The van der Waals surface area contributed by atoms with Gasteiger partial charge in [-0.15, -0.1) is 0 Å². The average molecular weight is 350 g/mol. The molecule has 1 fully saturated rings. The molecule has 1 aliphatic heterocycles. The maximum Gasteiger partial charge on any atom is 0.409 e. The van der Waals surface area contributed by atoms with Crippen LogP contribution in [0.2, 0.25) is 0 Å². The molecule has 0 bridgehead atoms. The number of amides is 1. The Hall–Kier alpha value is -2.08. The van der Waals surface area contributed by atoms with Crippen molar-refractivity contribution >= 4 is 16.7 Å². The van der Waals surface area contributed by atoms with Crippen molar-refractivity contribution < 1.29 is 18.0 Å². The summed E-state index contributed by atoms with van der Waals surface area (Å²) < 4.78 is 41.0. The first-order valence-corrected chi connectivity index (χ1v) is 8.23. The topological polar surface area (TPSA) is 32.3 Å². The number of hydrazine groups is 1. The first kappa shape index (κ1) is 17.7. The van der Waals surface area contributed by atoms with Crippen LogP contribution in [0, 0.1) is 0 Å². The summed E-state index contributed by atoms with van der Waals surface area (Å²) in [5, 5.41) is 2.64. The smallest absolute Gasteiger partial charge is 0.288 e. The zero-order valence-corrected chi connectivity index (χ0v) is 14.4. The zero-order valence-electron chi connectivity index (χ0n) is 14.4. The third-order valence-corrected chi connectivity index (χ3v) is 4.52. The maximum atomic E-state index is 13.7. The number of nitrogens with zero attached hydrogens (tertiary/aromatic N) is 1. The lowest BCUT2D eigenvalue weighted by Crippen LogP contribution is -2.43. The Labute approximate surface area is 144 Å². The van der Waals surface area contributed by atoms with E-state index in [4.69, 9.17) is 0 Å². The van der Waals surface area contributed by atoms with E-state index < -0.39 is 12.2 Å². The van der Waals surface area contributed by atoms with E-state index in [1.54, 1.807) is 12.1 Å². The molecule has 2 aromatic carbocycles. The summed E-state index contributed by atoms with van der Waals surface area (Å²) in [6.07, 6.45) is -4.40. The van der Waals surface area contributed by atoms with Crippen LogP contribution in [0.25, 0.3) is 10.8 Å². The summed E-state index contributed by atoms with van der Waals surface area (Å²) in [7, 11) is 0. The van der Waals surface area contributed by atoms with Gasteiger partial charge in [-0.3, -0.25) is 10.2 Å². The van der Waals surface area contributed by atoms with Crippen LogP contribution in [0.15, 0.2) is 36.4 Å². The molecule has 0 spiro atoms. The van der Waals surface area contributed by atoms with Crippen molar-refractivity contribution in [3.8, 4) is 0 Å². The molecule has 1 unspecified atom stereocenters. The van der Waals surface area contributed by atoms with Crippen molar-refractivity contribution in [2.45, 2.75) is 44.8 Å². The second-order valence-electron chi connectivity index (χ2n) is 7.49. The van der Waals surface area contributed by atoms with Gasteiger partial charge < -0.3 is 0 Å². The van der Waals surface area contributed by atoms with Gasteiger partial charge in [-0.25, -0.2) is 5.01 Å². The Morgan fingerprint density at radius 1 is 1.04 bits per heavy atom. The van der Waals surface area contributed by atoms with Crippen molar-refractivity contribution in [3.63, 3.8) is 0 Å². The molecule has 1 saturated heterocycles. The van der Waals surface area contributed by atoms with Crippen LogP contribution >= 0.6 is 0 Å². The number of hydrogen-bond donors (Lipinski definition) is 1. The fourth-order valence-electron chi connectivity index (χ4n) is 3.14. The number of fused-ring (bicyclic) bond motifs is 1. The highest BCUT2D eigenvalue weighted by Crippen LogP contribution is 2.39. The number of carbonyl (C=O) groups excluding carboxylic acids is 1. The second kappa shape index (κ2) is 6.02. The molecular formula is C19H21F3N2O. The lowest BCUT2D eigenvalue weighted by molar-refractivity contribution is -0.191. The van der Waals surface area contributed by atoms with Crippen LogP contribution in [0.3, 0.4) is 0 Å². The maximum absolute atomic E-state index is 13.7. The highest BCUT2D eigenvalue weighted by molar-refractivity contribution is 5.84. The lowest BCUT2D eigenvalue weighted by Gasteiger charge is -2.29. The molecule has 1 heterocycles. The van der Waals surface area contributed by atoms with Gasteiger partial charge in [0.15, 0.2) is 0 Å². The van der Waals surface area contributed by atoms with Crippen molar-refractivity contribution in [3.05, 3.63) is 47.5 Å². The van der Waals surface area contributed by atoms with Gasteiger partial charge in [0.1, 0.15) is 6.04 Å². The standard InChI is InChI=1S/C19H21F3N2O/c1-18(2,3)15-7-6-12-4-5-13(10-14(12)11-15)17(19(20,21)22)24-9-8-16(25)23-24/h4-7,10-11,17H,8-9H2,1-3H3,(H,23,25). The SMILES string of the molecule is CC(C)(C)c1ccc2ccc(C(N3CCC(=O)N3)C(F)(F)F)cc2c1. The highest BCUT2D eigenvalue weighted by atomic mass is 19.4. The van der Waals surface area contributed by atoms with Gasteiger partial charge in [0, 0.05) is 13.0 Å². The molecule has 134 valence electrons. The quantitative estimate of drug-likeness (QED) is 0.866. The first-order chi connectivity index (χ1) is 11.6. The molecule has 1 amide bonds. The second-order valence-corrected chi connectivity index (χ2v) is 7.49. The van der Waals surface area contributed by atoms with Gasteiger partial charge in [-0.05, 0) is 33.4 Å². The van der Waals surface area contributed by atoms with Gasteiger partial charge >= 0.3 is 6.18 Å². The van der Waals surface area contributed by atoms with Crippen LogP contribution in [0.5, 0.6) is 0 Å². The molecule has 25 heavy (non-hydrogen) atoms. The largest absolute Gasteiger partial charge is 0.409 e. The number of rotatable bonds is 2. The van der Waals surface area contributed by atoms with Gasteiger partial charge in [0.2, 0.25) is 5.91 Å². The van der Waals surface area contributed by atoms with Crippen LogP contribution in [0.4, 0.5) is 13.2 Å². The minimum Gasteiger partial charge on any atom is -0.288 e. The Bertz CT molecular complexity index is 808. The van der Waals surface area contributed by atoms with Crippen LogP contribution in [-0.2, 0) is 10.2 Å². The van der Waals surface area contributed by atoms with Crippen LogP contribution in [-0.4, -0.2) is 23.6 Å². The lowest BCUT2D eigenvalue weighted by atomic mass is 9.85. The van der Waals surface area contributed by atoms with E-state index in [9.17, 15) is 18.0 Å². The molecule has 3 nitrogen and oxygen atoms in total. The molecule has 0 aliphatic carbocycles. The van der Waals surface area contributed by atoms with Crippen molar-refractivity contribution in [2.24, 2.45) is 0 Å². The fourth-order valence-corrected chi connectivity index (χ4v) is 3.14. The molecule has 1 aliphatic rings. The molecule has 2 aromatic rings. The van der Waals surface area contributed by atoms with E-state index in [0.29, 0.717) is 0 Å². The van der Waals surface area contributed by atoms with E-state index in [2.05, 4.69) is 26.2 Å². The Morgan fingerprint density at radius 3 is 2.28 bits per heavy atom. The van der Waals surface area contributed by atoms with Crippen molar-refractivity contribution in [2.75, 3.05) is 6.54 Å². The zero-order chi connectivity index (χ0) is 18.4. The van der Waals surface area contributed by atoms with Crippen molar-refractivity contribution in [1.82, 2.24) is 10.4 Å². The minimum absolute atomic E-state index is 0.0447. The fraction of sp³-hybridized carbons (Fsp3) is 0.421. The Balaban J connectivity index is 2.07. The number of carbonyl (C=O) groups is 1. The van der Waals surface area contributed by atoms with E-state index in [1.165, 1.54) is 6.07 Å². The minimum atomic E-state index is -4.48. The van der Waals surface area contributed by atoms with Crippen molar-refractivity contribution in [1.29, 1.82) is 0 Å². The summed E-state index contributed by atoms with van der Waals surface area (Å²) in [6.45, 7) is 6.24. The van der Waals surface area contributed by atoms with Gasteiger partial charge in [0.05, 0.1) is 0 Å². The molecule has 6 heteroatoms. The van der Waals surface area contributed by atoms with E-state index in [-0.39, 0.29) is 29.9 Å². The molecule has 3 rings (SSSR count). The summed E-state index contributed by atoms with van der Waals surface area (Å²) in [5.41, 5.74) is 3.43. The molecule has 0 aromatic heterocycles. The third-order valence-electron chi connectivity index (χ3n) is 4.52. The summed E-state index contributed by atoms with van der Waals surface area (Å²) in [5.74, 6) is -0.384. The van der Waals surface area contributed by atoms with E-state index >= 15 is 0 Å².